The van der Waals surface area contributed by atoms with Gasteiger partial charge in [0.05, 0.1) is 26.6 Å². The summed E-state index contributed by atoms with van der Waals surface area (Å²) in [6, 6.07) is 5.45. The van der Waals surface area contributed by atoms with Crippen molar-refractivity contribution in [1.82, 2.24) is 29.7 Å². The van der Waals surface area contributed by atoms with Gasteiger partial charge in [-0.05, 0) is 37.7 Å². The Hall–Kier alpha value is -3.32. The molecule has 2 saturated carbocycles. The zero-order valence-electron chi connectivity index (χ0n) is 19.9. The summed E-state index contributed by atoms with van der Waals surface area (Å²) in [6.07, 6.45) is 5.17. The van der Waals surface area contributed by atoms with Gasteiger partial charge in [-0.25, -0.2) is 23.4 Å². The molecule has 2 aliphatic rings. The molecule has 5 rings (SSSR count). The molecule has 2 fully saturated rings. The second-order valence-electron chi connectivity index (χ2n) is 8.85. The fraction of sp³-hybridized carbons (Fsp3) is 0.500. The number of anilines is 1. The summed E-state index contributed by atoms with van der Waals surface area (Å²) in [6.45, 7) is 1.54. The van der Waals surface area contributed by atoms with Gasteiger partial charge < -0.3 is 14.2 Å². The molecule has 35 heavy (non-hydrogen) atoms. The highest BCUT2D eigenvalue weighted by atomic mass is 32.2. The maximum absolute atomic E-state index is 13.4. The molecule has 12 nitrogen and oxygen atoms in total. The van der Waals surface area contributed by atoms with E-state index in [0.717, 1.165) is 19.3 Å². The molecule has 0 amide bonds. The molecule has 3 aromatic heterocycles. The molecule has 1 unspecified atom stereocenters. The lowest BCUT2D eigenvalue weighted by atomic mass is 10.2. The fourth-order valence-corrected chi connectivity index (χ4v) is 5.48. The van der Waals surface area contributed by atoms with Gasteiger partial charge in [0.15, 0.2) is 17.4 Å². The lowest BCUT2D eigenvalue weighted by Gasteiger charge is -2.22. The number of rotatable bonds is 10. The Labute approximate surface area is 203 Å². The van der Waals surface area contributed by atoms with E-state index in [1.54, 1.807) is 12.1 Å². The van der Waals surface area contributed by atoms with Crippen LogP contribution in [0.2, 0.25) is 0 Å². The molecular formula is C22H27N7O5S. The number of hydrogen-bond donors (Lipinski definition) is 1. The Morgan fingerprint density at radius 1 is 1.11 bits per heavy atom. The lowest BCUT2D eigenvalue weighted by molar-refractivity contribution is 0.0948. The first kappa shape index (κ1) is 23.4. The van der Waals surface area contributed by atoms with Crippen LogP contribution in [0, 0.1) is 5.41 Å². The Kier molecular flexibility index (Phi) is 5.83. The van der Waals surface area contributed by atoms with Gasteiger partial charge in [0.1, 0.15) is 17.0 Å². The van der Waals surface area contributed by atoms with Crippen LogP contribution in [-0.4, -0.2) is 64.7 Å². The molecule has 3 heterocycles. The van der Waals surface area contributed by atoms with E-state index in [1.165, 1.54) is 40.6 Å². The summed E-state index contributed by atoms with van der Waals surface area (Å²) in [5, 5.41) is 7.48. The van der Waals surface area contributed by atoms with Crippen LogP contribution in [0.1, 0.15) is 44.2 Å². The van der Waals surface area contributed by atoms with Crippen molar-refractivity contribution in [3.05, 3.63) is 36.4 Å². The number of aromatic nitrogens is 6. The predicted molar refractivity (Wildman–Crippen MR) is 125 cm³/mol. The Balaban J connectivity index is 1.46. The molecule has 0 saturated heterocycles. The number of hydrogen-bond acceptors (Lipinski definition) is 10. The molecule has 3 aromatic rings. The molecule has 2 aliphatic carbocycles. The number of methoxy groups -OCH3 is 3. The van der Waals surface area contributed by atoms with E-state index < -0.39 is 21.4 Å². The monoisotopic (exact) mass is 501 g/mol. The van der Waals surface area contributed by atoms with Crippen molar-refractivity contribution in [2.45, 2.75) is 43.6 Å². The lowest BCUT2D eigenvalue weighted by Crippen LogP contribution is -2.33. The molecule has 0 bridgehead atoms. The van der Waals surface area contributed by atoms with Crippen LogP contribution >= 0.6 is 0 Å². The van der Waals surface area contributed by atoms with E-state index >= 15 is 0 Å². The van der Waals surface area contributed by atoms with Crippen molar-refractivity contribution in [3.63, 3.8) is 0 Å². The molecule has 186 valence electrons. The number of pyridine rings is 1. The van der Waals surface area contributed by atoms with Gasteiger partial charge in [-0.3, -0.25) is 9.29 Å². The highest BCUT2D eigenvalue weighted by Gasteiger charge is 2.65. The molecular weight excluding hydrogens is 474 g/mol. The summed E-state index contributed by atoms with van der Waals surface area (Å²) in [7, 11) is 0.486. The Morgan fingerprint density at radius 3 is 2.46 bits per heavy atom. The zero-order valence-corrected chi connectivity index (χ0v) is 20.7. The van der Waals surface area contributed by atoms with Crippen molar-refractivity contribution >= 4 is 16.0 Å². The van der Waals surface area contributed by atoms with E-state index in [9.17, 15) is 8.42 Å². The smallest absolute Gasteiger partial charge is 0.240 e. The Morgan fingerprint density at radius 2 is 1.86 bits per heavy atom. The SMILES string of the molecule is COc1cnc([C@@H](OC)[C@H](C)S(=O)(=O)Nc2nnc(-c3cccc(OC)n3)n2C2CC23CC3)nc1. The minimum absolute atomic E-state index is 0.108. The van der Waals surface area contributed by atoms with Crippen LogP contribution < -0.4 is 14.2 Å². The predicted octanol–water partition coefficient (Wildman–Crippen LogP) is 2.39. The van der Waals surface area contributed by atoms with E-state index in [2.05, 4.69) is 29.9 Å². The highest BCUT2D eigenvalue weighted by molar-refractivity contribution is 7.93. The summed E-state index contributed by atoms with van der Waals surface area (Å²) in [5.74, 6) is 1.77. The third-order valence-electron chi connectivity index (χ3n) is 6.75. The van der Waals surface area contributed by atoms with E-state index in [1.807, 2.05) is 10.6 Å². The van der Waals surface area contributed by atoms with E-state index in [0.29, 0.717) is 23.1 Å². The normalized spacial score (nSPS) is 19.7. The second kappa shape index (κ2) is 8.72. The number of sulfonamides is 1. The van der Waals surface area contributed by atoms with Crippen LogP contribution in [-0.2, 0) is 14.8 Å². The average Bonchev–Trinajstić information content (AvgIpc) is 3.77. The van der Waals surface area contributed by atoms with Gasteiger partial charge in [-0.2, -0.15) is 0 Å². The molecule has 13 heteroatoms. The third kappa shape index (κ3) is 4.29. The maximum Gasteiger partial charge on any atom is 0.240 e. The topological polar surface area (TPSA) is 143 Å². The van der Waals surface area contributed by atoms with Gasteiger partial charge in [0, 0.05) is 19.2 Å². The van der Waals surface area contributed by atoms with Gasteiger partial charge in [0.25, 0.3) is 0 Å². The van der Waals surface area contributed by atoms with E-state index in [-0.39, 0.29) is 23.2 Å². The number of nitrogens with zero attached hydrogens (tertiary/aromatic N) is 6. The van der Waals surface area contributed by atoms with Crippen LogP contribution in [0.15, 0.2) is 30.6 Å². The minimum atomic E-state index is -3.97. The first-order chi connectivity index (χ1) is 16.8. The van der Waals surface area contributed by atoms with Gasteiger partial charge in [0.2, 0.25) is 21.9 Å². The highest BCUT2D eigenvalue weighted by Crippen LogP contribution is 2.73. The van der Waals surface area contributed by atoms with Gasteiger partial charge in [-0.1, -0.05) is 6.07 Å². The molecule has 0 aromatic carbocycles. The van der Waals surface area contributed by atoms with Crippen molar-refractivity contribution in [3.8, 4) is 23.1 Å². The second-order valence-corrected chi connectivity index (χ2v) is 10.9. The van der Waals surface area contributed by atoms with Crippen LogP contribution in [0.3, 0.4) is 0 Å². The third-order valence-corrected chi connectivity index (χ3v) is 8.44. The summed E-state index contributed by atoms with van der Waals surface area (Å²) < 4.78 is 47.1. The summed E-state index contributed by atoms with van der Waals surface area (Å²) in [5.41, 5.74) is 0.757. The number of nitrogens with one attached hydrogen (secondary N) is 1. The zero-order chi connectivity index (χ0) is 24.8. The molecule has 1 N–H and O–H groups in total. The largest absolute Gasteiger partial charge is 0.494 e. The van der Waals surface area contributed by atoms with Crippen molar-refractivity contribution in [1.29, 1.82) is 0 Å². The number of ether oxygens (including phenoxy) is 3. The average molecular weight is 502 g/mol. The first-order valence-electron chi connectivity index (χ1n) is 11.2. The van der Waals surface area contributed by atoms with E-state index in [4.69, 9.17) is 14.2 Å². The van der Waals surface area contributed by atoms with Crippen molar-refractivity contribution < 1.29 is 22.6 Å². The molecule has 3 atom stereocenters. The van der Waals surface area contributed by atoms with Crippen molar-refractivity contribution in [2.75, 3.05) is 26.1 Å². The summed E-state index contributed by atoms with van der Waals surface area (Å²) >= 11 is 0. The van der Waals surface area contributed by atoms with Gasteiger partial charge in [-0.15, -0.1) is 10.2 Å². The quantitative estimate of drug-likeness (QED) is 0.440. The molecule has 1 spiro atoms. The maximum atomic E-state index is 13.4. The molecule has 0 aliphatic heterocycles. The Bertz CT molecular complexity index is 1320. The minimum Gasteiger partial charge on any atom is -0.494 e. The molecule has 0 radical (unpaired) electrons. The van der Waals surface area contributed by atoms with Crippen LogP contribution in [0.25, 0.3) is 11.5 Å². The first-order valence-corrected chi connectivity index (χ1v) is 12.7. The van der Waals surface area contributed by atoms with Crippen LogP contribution in [0.4, 0.5) is 5.95 Å². The van der Waals surface area contributed by atoms with Crippen LogP contribution in [0.5, 0.6) is 11.6 Å². The van der Waals surface area contributed by atoms with Gasteiger partial charge >= 0.3 is 0 Å². The van der Waals surface area contributed by atoms with Crippen molar-refractivity contribution in [2.24, 2.45) is 5.41 Å². The summed E-state index contributed by atoms with van der Waals surface area (Å²) in [4.78, 5) is 12.9. The standard InChI is InChI=1S/C22H27N7O5S/c1-13(18(34-4)19-23-11-14(32-2)12-24-19)35(30,31)28-21-27-26-20(15-6-5-7-17(25-15)33-3)29(21)16-10-22(16)8-9-22/h5-7,11-13,16,18H,8-10H2,1-4H3,(H,27,28)/t13-,16?,18-/m0/s1. The fourth-order valence-electron chi connectivity index (χ4n) is 4.34.